The highest BCUT2D eigenvalue weighted by atomic mass is 16.5. The highest BCUT2D eigenvalue weighted by Gasteiger charge is 2.01. The molecule has 1 heteroatoms. The Balaban J connectivity index is 2.09. The summed E-state index contributed by atoms with van der Waals surface area (Å²) in [5.41, 5.74) is 4.22. The molecule has 86 valence electrons. The molecule has 0 saturated heterocycles. The Kier molecular flexibility index (Phi) is 3.64. The van der Waals surface area contributed by atoms with Crippen LogP contribution in [0.1, 0.15) is 13.8 Å². The summed E-state index contributed by atoms with van der Waals surface area (Å²) in [5.74, 6) is 2.14. The van der Waals surface area contributed by atoms with Crippen molar-refractivity contribution in [2.45, 2.75) is 13.8 Å². The zero-order valence-electron chi connectivity index (χ0n) is 10.2. The largest absolute Gasteiger partial charge is 0.457 e. The van der Waals surface area contributed by atoms with Gasteiger partial charge in [-0.2, -0.15) is 0 Å². The molecule has 0 spiro atoms. The van der Waals surface area contributed by atoms with Crippen molar-refractivity contribution in [3.8, 4) is 0 Å². The Labute approximate surface area is 102 Å². The molecule has 1 nitrogen and oxygen atoms in total. The van der Waals surface area contributed by atoms with Gasteiger partial charge in [0.1, 0.15) is 11.5 Å². The van der Waals surface area contributed by atoms with Crippen molar-refractivity contribution in [1.29, 1.82) is 0 Å². The van der Waals surface area contributed by atoms with E-state index in [0.717, 1.165) is 17.1 Å². The van der Waals surface area contributed by atoms with E-state index in [-0.39, 0.29) is 0 Å². The molecule has 1 atom stereocenters. The lowest BCUT2D eigenvalue weighted by molar-refractivity contribution is 0.336. The lowest BCUT2D eigenvalue weighted by Crippen LogP contribution is -1.88. The number of hydrogen-bond donors (Lipinski definition) is 0. The van der Waals surface area contributed by atoms with Crippen LogP contribution in [0.15, 0.2) is 77.5 Å². The van der Waals surface area contributed by atoms with Crippen molar-refractivity contribution in [1.82, 2.24) is 0 Å². The van der Waals surface area contributed by atoms with E-state index in [2.05, 4.69) is 24.8 Å². The molecule has 0 aromatic heterocycles. The van der Waals surface area contributed by atoms with E-state index < -0.39 is 0 Å². The average Bonchev–Trinajstić information content (AvgIpc) is 2.62. The molecule has 2 rings (SSSR count). The van der Waals surface area contributed by atoms with Crippen molar-refractivity contribution >= 4 is 0 Å². The van der Waals surface area contributed by atoms with Crippen LogP contribution in [0.2, 0.25) is 0 Å². The zero-order chi connectivity index (χ0) is 12.1. The molecule has 17 heavy (non-hydrogen) atoms. The Morgan fingerprint density at radius 2 is 1.88 bits per heavy atom. The van der Waals surface area contributed by atoms with Crippen molar-refractivity contribution in [3.63, 3.8) is 0 Å². The van der Waals surface area contributed by atoms with Gasteiger partial charge in [-0.15, -0.1) is 5.73 Å². The fourth-order valence-corrected chi connectivity index (χ4v) is 1.53. The molecule has 0 N–H and O–H groups in total. The smallest absolute Gasteiger partial charge is 0.128 e. The highest BCUT2D eigenvalue weighted by Crippen LogP contribution is 2.16. The minimum absolute atomic E-state index is 0.454. The Bertz CT molecular complexity index is 504. The number of rotatable bonds is 2. The van der Waals surface area contributed by atoms with Crippen LogP contribution >= 0.6 is 0 Å². The van der Waals surface area contributed by atoms with Gasteiger partial charge in [-0.05, 0) is 54.9 Å². The lowest BCUT2D eigenvalue weighted by Gasteiger charge is -2.05. The van der Waals surface area contributed by atoms with E-state index in [9.17, 15) is 0 Å². The Morgan fingerprint density at radius 1 is 1.06 bits per heavy atom. The first kappa shape index (κ1) is 11.5. The van der Waals surface area contributed by atoms with Crippen molar-refractivity contribution < 1.29 is 4.74 Å². The van der Waals surface area contributed by atoms with Gasteiger partial charge in [0.25, 0.3) is 0 Å². The average molecular weight is 224 g/mol. The van der Waals surface area contributed by atoms with Gasteiger partial charge in [-0.25, -0.2) is 0 Å². The minimum Gasteiger partial charge on any atom is -0.457 e. The summed E-state index contributed by atoms with van der Waals surface area (Å²) in [6, 6.07) is 0. The fraction of sp³-hybridized carbons (Fsp3) is 0.188. The van der Waals surface area contributed by atoms with E-state index in [1.807, 2.05) is 49.5 Å². The first-order valence-corrected chi connectivity index (χ1v) is 5.80. The number of allylic oxidation sites excluding steroid dienone is 9. The van der Waals surface area contributed by atoms with Crippen LogP contribution in [-0.2, 0) is 4.74 Å². The molecule has 0 aromatic carbocycles. The minimum atomic E-state index is 0.454. The molecule has 0 fully saturated rings. The quantitative estimate of drug-likeness (QED) is 0.639. The molecule has 2 aliphatic rings. The van der Waals surface area contributed by atoms with E-state index in [1.165, 1.54) is 0 Å². The molecule has 0 aliphatic heterocycles. The molecule has 0 heterocycles. The van der Waals surface area contributed by atoms with E-state index in [4.69, 9.17) is 4.74 Å². The summed E-state index contributed by atoms with van der Waals surface area (Å²) < 4.78 is 5.80. The normalized spacial score (nSPS) is 22.5. The maximum absolute atomic E-state index is 5.80. The van der Waals surface area contributed by atoms with Gasteiger partial charge in [-0.1, -0.05) is 25.2 Å². The van der Waals surface area contributed by atoms with Gasteiger partial charge in [0.15, 0.2) is 0 Å². The van der Waals surface area contributed by atoms with E-state index in [0.29, 0.717) is 5.92 Å². The Hall–Kier alpha value is -1.98. The van der Waals surface area contributed by atoms with Gasteiger partial charge in [0, 0.05) is 0 Å². The fourth-order valence-electron chi connectivity index (χ4n) is 1.53. The second-order valence-corrected chi connectivity index (χ2v) is 4.17. The maximum atomic E-state index is 5.80. The van der Waals surface area contributed by atoms with Gasteiger partial charge < -0.3 is 4.74 Å². The van der Waals surface area contributed by atoms with Crippen LogP contribution in [0.3, 0.4) is 0 Å². The van der Waals surface area contributed by atoms with Crippen LogP contribution in [0.5, 0.6) is 0 Å². The van der Waals surface area contributed by atoms with Gasteiger partial charge >= 0.3 is 0 Å². The topological polar surface area (TPSA) is 9.23 Å². The lowest BCUT2D eigenvalue weighted by atomic mass is 10.2. The zero-order valence-corrected chi connectivity index (χ0v) is 10.2. The Morgan fingerprint density at radius 3 is 2.76 bits per heavy atom. The predicted octanol–water partition coefficient (Wildman–Crippen LogP) is 4.20. The third kappa shape index (κ3) is 3.51. The van der Waals surface area contributed by atoms with Gasteiger partial charge in [0.2, 0.25) is 0 Å². The second kappa shape index (κ2) is 5.38. The number of hydrogen-bond acceptors (Lipinski definition) is 1. The van der Waals surface area contributed by atoms with E-state index in [1.54, 1.807) is 0 Å². The van der Waals surface area contributed by atoms with Crippen LogP contribution in [0, 0.1) is 5.92 Å². The summed E-state index contributed by atoms with van der Waals surface area (Å²) in [4.78, 5) is 0. The predicted molar refractivity (Wildman–Crippen MR) is 71.1 cm³/mol. The van der Waals surface area contributed by atoms with Crippen molar-refractivity contribution in [2.24, 2.45) is 5.92 Å². The highest BCUT2D eigenvalue weighted by molar-refractivity contribution is 5.33. The SMILES string of the molecule is CC1=C=CC=C(OC2=CC=CC(C)C=C2)C=C1. The maximum Gasteiger partial charge on any atom is 0.128 e. The molecular weight excluding hydrogens is 208 g/mol. The third-order valence-electron chi connectivity index (χ3n) is 2.53. The van der Waals surface area contributed by atoms with E-state index >= 15 is 0 Å². The standard InChI is InChI=1S/C16H16O/c1-13-5-3-7-15(11-9-13)17-16-8-4-6-14(2)10-12-16/h3-5,7-13H,1-2H3. The number of ether oxygens (including phenoxy) is 1. The van der Waals surface area contributed by atoms with Gasteiger partial charge in [-0.3, -0.25) is 0 Å². The third-order valence-corrected chi connectivity index (χ3v) is 2.53. The van der Waals surface area contributed by atoms with Crippen molar-refractivity contribution in [3.05, 3.63) is 77.5 Å². The molecule has 0 bridgehead atoms. The van der Waals surface area contributed by atoms with Crippen LogP contribution in [0.4, 0.5) is 0 Å². The molecule has 1 unspecified atom stereocenters. The molecule has 2 aliphatic carbocycles. The van der Waals surface area contributed by atoms with Crippen LogP contribution in [0.25, 0.3) is 0 Å². The summed E-state index contributed by atoms with van der Waals surface area (Å²) >= 11 is 0. The first-order valence-electron chi connectivity index (χ1n) is 5.80. The first-order chi connectivity index (χ1) is 8.24. The molecule has 0 radical (unpaired) electrons. The summed E-state index contributed by atoms with van der Waals surface area (Å²) in [7, 11) is 0. The molecule has 0 aromatic rings. The van der Waals surface area contributed by atoms with Gasteiger partial charge in [0.05, 0.1) is 0 Å². The second-order valence-electron chi connectivity index (χ2n) is 4.17. The summed E-state index contributed by atoms with van der Waals surface area (Å²) in [5, 5.41) is 0. The molecule has 0 amide bonds. The van der Waals surface area contributed by atoms with Crippen molar-refractivity contribution in [2.75, 3.05) is 0 Å². The van der Waals surface area contributed by atoms with Crippen LogP contribution in [-0.4, -0.2) is 0 Å². The molecule has 0 saturated carbocycles. The summed E-state index contributed by atoms with van der Waals surface area (Å²) in [6.07, 6.45) is 18.0. The monoisotopic (exact) mass is 224 g/mol. The van der Waals surface area contributed by atoms with Crippen LogP contribution < -0.4 is 0 Å². The molecular formula is C16H16O. The summed E-state index contributed by atoms with van der Waals surface area (Å²) in [6.45, 7) is 4.16.